The van der Waals surface area contributed by atoms with Gasteiger partial charge in [0.1, 0.15) is 10.9 Å². The molecular formula is C44H28N3+3. The zero-order chi connectivity index (χ0) is 30.6. The molecular weight excluding hydrogens is 571 g/mol. The van der Waals surface area contributed by atoms with Gasteiger partial charge in [-0.3, -0.25) is 0 Å². The molecule has 5 heterocycles. The number of quaternary nitrogens is 1. The average Bonchev–Trinajstić information content (AvgIpc) is 3.71. The monoisotopic (exact) mass is 598 g/mol. The molecule has 0 N–H and O–H groups in total. The number of aryl methyl sites for hydroxylation is 1. The molecule has 3 heteroatoms. The van der Waals surface area contributed by atoms with Crippen LogP contribution in [-0.2, 0) is 5.41 Å². The lowest BCUT2D eigenvalue weighted by Gasteiger charge is -2.39. The fraction of sp³-hybridized carbons (Fsp3) is 0.0455. The third-order valence-electron chi connectivity index (χ3n) is 11.5. The first-order valence-electron chi connectivity index (χ1n) is 16.5. The van der Waals surface area contributed by atoms with Crippen LogP contribution in [0.2, 0.25) is 0 Å². The van der Waals surface area contributed by atoms with Crippen molar-refractivity contribution in [2.24, 2.45) is 0 Å². The molecule has 0 amide bonds. The van der Waals surface area contributed by atoms with Gasteiger partial charge in [-0.15, -0.1) is 0 Å². The minimum Gasteiger partial charge on any atom is -0.0622 e. The normalized spacial score (nSPS) is 17.7. The van der Waals surface area contributed by atoms with E-state index < -0.39 is 5.41 Å². The fourth-order valence-corrected chi connectivity index (χ4v) is 9.91. The fourth-order valence-electron chi connectivity index (χ4n) is 9.91. The zero-order valence-corrected chi connectivity index (χ0v) is 25.8. The Labute approximate surface area is 272 Å². The zero-order valence-electron chi connectivity index (χ0n) is 25.8. The summed E-state index contributed by atoms with van der Waals surface area (Å²) < 4.78 is 5.58. The maximum atomic E-state index is 2.55. The average molecular weight is 599 g/mol. The smallest absolute Gasteiger partial charge is 0.0622 e. The van der Waals surface area contributed by atoms with Crippen molar-refractivity contribution in [3.05, 3.63) is 180 Å². The molecule has 216 valence electrons. The molecule has 3 nitrogen and oxygen atoms in total. The SMILES string of the molecule is Cc1cc2c3c(c1)C1(c4ccccc4-c4ccccc41)c1ccc4ccc5ccc[n+]6c5c4c1[N+]36[n+]1ccc(-c3ccccc3)cc1-2. The van der Waals surface area contributed by atoms with E-state index in [2.05, 4.69) is 168 Å². The van der Waals surface area contributed by atoms with E-state index >= 15 is 0 Å². The molecule has 6 aromatic carbocycles. The lowest BCUT2D eigenvalue weighted by Crippen LogP contribution is -2.82. The summed E-state index contributed by atoms with van der Waals surface area (Å²) in [4.78, 5) is 0. The molecule has 4 aliphatic rings. The van der Waals surface area contributed by atoms with Gasteiger partial charge in [0, 0.05) is 29.3 Å². The highest BCUT2D eigenvalue weighted by molar-refractivity contribution is 6.15. The molecule has 3 aliphatic heterocycles. The first kappa shape index (κ1) is 24.3. The molecule has 1 aliphatic carbocycles. The van der Waals surface area contributed by atoms with E-state index in [-0.39, 0.29) is 0 Å². The molecule has 0 fully saturated rings. The van der Waals surface area contributed by atoms with Crippen LogP contribution in [0.3, 0.4) is 0 Å². The molecule has 0 bridgehead atoms. The molecule has 2 aromatic heterocycles. The van der Waals surface area contributed by atoms with Crippen molar-refractivity contribution in [1.29, 1.82) is 0 Å². The highest BCUT2D eigenvalue weighted by Crippen LogP contribution is 2.67. The van der Waals surface area contributed by atoms with Crippen LogP contribution in [0.4, 0.5) is 11.4 Å². The number of pyridine rings is 2. The topological polar surface area (TPSA) is 7.76 Å². The second-order valence-electron chi connectivity index (χ2n) is 13.6. The van der Waals surface area contributed by atoms with E-state index in [1.807, 2.05) is 0 Å². The molecule has 0 radical (unpaired) electrons. The molecule has 1 atom stereocenters. The Hall–Kier alpha value is -5.90. The van der Waals surface area contributed by atoms with Crippen LogP contribution in [0.1, 0.15) is 27.8 Å². The molecule has 0 saturated carbocycles. The van der Waals surface area contributed by atoms with Crippen LogP contribution in [0, 0.1) is 6.92 Å². The van der Waals surface area contributed by atoms with Crippen LogP contribution in [-0.4, -0.2) is 0 Å². The van der Waals surface area contributed by atoms with Gasteiger partial charge >= 0.3 is 0 Å². The Bertz CT molecular complexity index is 2710. The van der Waals surface area contributed by atoms with Crippen LogP contribution in [0.25, 0.3) is 55.2 Å². The number of fused-ring (bicyclic) bond motifs is 9. The van der Waals surface area contributed by atoms with Gasteiger partial charge in [-0.25, -0.2) is 0 Å². The van der Waals surface area contributed by atoms with Crippen LogP contribution in [0.5, 0.6) is 0 Å². The quantitative estimate of drug-likeness (QED) is 0.101. The summed E-state index contributed by atoms with van der Waals surface area (Å²) in [6, 6.07) is 52.7. The largest absolute Gasteiger partial charge is 0.294 e. The third kappa shape index (κ3) is 2.48. The number of hydrogen-bond donors (Lipinski definition) is 0. The summed E-state index contributed by atoms with van der Waals surface area (Å²) in [6.45, 7) is 2.27. The van der Waals surface area contributed by atoms with Crippen LogP contribution >= 0.6 is 0 Å². The highest BCUT2D eigenvalue weighted by Gasteiger charge is 2.74. The highest BCUT2D eigenvalue weighted by atomic mass is 15.9. The molecule has 1 unspecified atom stereocenters. The number of benzene rings is 6. The lowest BCUT2D eigenvalue weighted by molar-refractivity contribution is -1.02. The van der Waals surface area contributed by atoms with Crippen molar-refractivity contribution in [3.63, 3.8) is 0 Å². The number of rotatable bonds is 1. The van der Waals surface area contributed by atoms with E-state index in [9.17, 15) is 0 Å². The maximum Gasteiger partial charge on any atom is 0.294 e. The summed E-state index contributed by atoms with van der Waals surface area (Å²) in [5.74, 6) is 0. The predicted molar refractivity (Wildman–Crippen MR) is 187 cm³/mol. The number of nitrogens with zero attached hydrogens (tertiary/aromatic N) is 3. The Morgan fingerprint density at radius 2 is 1.21 bits per heavy atom. The van der Waals surface area contributed by atoms with Gasteiger partial charge in [0.25, 0.3) is 22.6 Å². The number of aromatic nitrogens is 2. The van der Waals surface area contributed by atoms with Gasteiger partial charge < -0.3 is 0 Å². The van der Waals surface area contributed by atoms with Gasteiger partial charge in [-0.1, -0.05) is 97.1 Å². The first-order valence-corrected chi connectivity index (χ1v) is 16.5. The maximum absolute atomic E-state index is 2.55. The van der Waals surface area contributed by atoms with Gasteiger partial charge in [0.15, 0.2) is 4.70 Å². The summed E-state index contributed by atoms with van der Waals surface area (Å²) in [7, 11) is 0. The van der Waals surface area contributed by atoms with Gasteiger partial charge in [0.2, 0.25) is 12.4 Å². The van der Waals surface area contributed by atoms with Gasteiger partial charge in [0.05, 0.1) is 20.2 Å². The van der Waals surface area contributed by atoms with E-state index in [1.165, 1.54) is 94.4 Å². The summed E-state index contributed by atoms with van der Waals surface area (Å²) in [5, 5.41) is 3.90. The number of hydrogen-bond acceptors (Lipinski definition) is 0. The second kappa shape index (κ2) is 7.90. The van der Waals surface area contributed by atoms with E-state index in [4.69, 9.17) is 0 Å². The van der Waals surface area contributed by atoms with E-state index in [0.29, 0.717) is 4.70 Å². The predicted octanol–water partition coefficient (Wildman–Crippen LogP) is 9.08. The Morgan fingerprint density at radius 1 is 0.489 bits per heavy atom. The van der Waals surface area contributed by atoms with Crippen molar-refractivity contribution in [3.8, 4) is 33.5 Å². The minimum atomic E-state index is -0.454. The lowest BCUT2D eigenvalue weighted by atomic mass is 9.64. The first-order chi connectivity index (χ1) is 23.2. The Balaban J connectivity index is 1.36. The Kier molecular flexibility index (Phi) is 4.09. The molecule has 2 spiro atoms. The second-order valence-corrected chi connectivity index (χ2v) is 13.6. The van der Waals surface area contributed by atoms with Crippen LogP contribution < -0.4 is 14.1 Å². The van der Waals surface area contributed by atoms with Crippen molar-refractivity contribution < 1.29 is 9.35 Å². The van der Waals surface area contributed by atoms with E-state index in [1.54, 1.807) is 0 Å². The summed E-state index contributed by atoms with van der Waals surface area (Å²) in [6.07, 6.45) is 4.65. The molecule has 8 aromatic rings. The molecule has 12 rings (SSSR count). The van der Waals surface area contributed by atoms with Crippen molar-refractivity contribution in [2.45, 2.75) is 12.3 Å². The van der Waals surface area contributed by atoms with E-state index in [0.717, 1.165) is 0 Å². The van der Waals surface area contributed by atoms with Gasteiger partial charge in [-0.05, 0) is 75.5 Å². The summed E-state index contributed by atoms with van der Waals surface area (Å²) >= 11 is 0. The molecule has 47 heavy (non-hydrogen) atoms. The van der Waals surface area contributed by atoms with Crippen molar-refractivity contribution in [2.75, 3.05) is 0 Å². The third-order valence-corrected chi connectivity index (χ3v) is 11.5. The van der Waals surface area contributed by atoms with Crippen molar-refractivity contribution >= 4 is 33.1 Å². The Morgan fingerprint density at radius 3 is 2.02 bits per heavy atom. The van der Waals surface area contributed by atoms with Crippen LogP contribution in [0.15, 0.2) is 152 Å². The summed E-state index contributed by atoms with van der Waals surface area (Å²) in [5.41, 5.74) is 18.0. The molecule has 0 saturated heterocycles. The minimum absolute atomic E-state index is 0.454. The van der Waals surface area contributed by atoms with Gasteiger partial charge in [-0.2, -0.15) is 0 Å². The standard InChI is InChI=1S/C44H28N3/c1-27-24-34-39-26-31(28-10-3-2-4-11-28)21-23-45(39)47-42(34)38(25-27)44(35-15-7-5-13-32(35)33-14-6-8-16-36(33)44)37-20-19-29-17-18-30-12-9-22-46(47)41(30)40(29)43(37)47/h2-26H,1H3/q+3. The van der Waals surface area contributed by atoms with Crippen molar-refractivity contribution in [1.82, 2.24) is 4.70 Å².